The normalized spacial score (nSPS) is 13.8. The molecule has 0 unspecified atom stereocenters. The number of nitrogens with zero attached hydrogens (tertiary/aromatic N) is 1. The lowest BCUT2D eigenvalue weighted by molar-refractivity contribution is -0.117. The molecule has 90 valence electrons. The fourth-order valence-electron chi connectivity index (χ4n) is 1.87. The molecule has 1 N–H and O–H groups in total. The smallest absolute Gasteiger partial charge is 0.231 e. The summed E-state index contributed by atoms with van der Waals surface area (Å²) in [5, 5.41) is 2.78. The van der Waals surface area contributed by atoms with Gasteiger partial charge in [0.2, 0.25) is 11.8 Å². The Bertz CT molecular complexity index is 474. The molecule has 0 saturated heterocycles. The number of nitrogens with one attached hydrogen (secondary N) is 1. The highest BCUT2D eigenvalue weighted by molar-refractivity contribution is 7.80. The van der Waals surface area contributed by atoms with Gasteiger partial charge in [-0.15, -0.1) is 0 Å². The molecular weight excluding hydrogens is 236 g/mol. The Morgan fingerprint density at radius 1 is 1.53 bits per heavy atom. The highest BCUT2D eigenvalue weighted by Crippen LogP contribution is 2.29. The molecule has 0 fully saturated rings. The minimum Gasteiger partial charge on any atom is -0.326 e. The average Bonchev–Trinajstić information content (AvgIpc) is 2.55. The number of carbonyl (C=O) groups is 2. The Morgan fingerprint density at radius 3 is 3.00 bits per heavy atom. The highest BCUT2D eigenvalue weighted by Gasteiger charge is 2.23. The second-order valence-electron chi connectivity index (χ2n) is 3.99. The Labute approximate surface area is 105 Å². The third-order valence-corrected chi connectivity index (χ3v) is 3.00. The van der Waals surface area contributed by atoms with Crippen LogP contribution in [0.5, 0.6) is 0 Å². The average molecular weight is 250 g/mol. The van der Waals surface area contributed by atoms with Gasteiger partial charge in [0.05, 0.1) is 6.42 Å². The van der Waals surface area contributed by atoms with Gasteiger partial charge < -0.3 is 10.2 Å². The summed E-state index contributed by atoms with van der Waals surface area (Å²) >= 11 is 4.00. The Balaban J connectivity index is 2.16. The number of likely N-dealkylation sites (N-methyl/N-ethyl adjacent to an activating group) is 1. The molecule has 1 heterocycles. The van der Waals surface area contributed by atoms with E-state index in [-0.39, 0.29) is 11.8 Å². The van der Waals surface area contributed by atoms with Crippen molar-refractivity contribution in [1.82, 2.24) is 0 Å². The highest BCUT2D eigenvalue weighted by atomic mass is 32.1. The van der Waals surface area contributed by atoms with Gasteiger partial charge in [-0.2, -0.15) is 12.6 Å². The number of carbonyl (C=O) groups excluding carboxylic acids is 2. The maximum Gasteiger partial charge on any atom is 0.231 e. The maximum absolute atomic E-state index is 11.5. The number of hydrogen-bond donors (Lipinski definition) is 2. The summed E-state index contributed by atoms with van der Waals surface area (Å²) in [6.45, 7) is 0. The minimum atomic E-state index is -0.0578. The van der Waals surface area contributed by atoms with Crippen LogP contribution < -0.4 is 10.2 Å². The van der Waals surface area contributed by atoms with Crippen LogP contribution in [0.3, 0.4) is 0 Å². The number of fused-ring (bicyclic) bond motifs is 1. The molecule has 1 aromatic rings. The molecule has 0 aliphatic carbocycles. The Hall–Kier alpha value is -1.49. The van der Waals surface area contributed by atoms with Gasteiger partial charge in [0.15, 0.2) is 0 Å². The monoisotopic (exact) mass is 250 g/mol. The molecule has 2 rings (SSSR count). The molecule has 0 aromatic heterocycles. The van der Waals surface area contributed by atoms with Gasteiger partial charge in [0.25, 0.3) is 0 Å². The lowest BCUT2D eigenvalue weighted by atomic mass is 10.1. The zero-order valence-corrected chi connectivity index (χ0v) is 10.5. The number of thiol groups is 1. The van der Waals surface area contributed by atoms with E-state index in [1.807, 2.05) is 18.2 Å². The Kier molecular flexibility index (Phi) is 3.38. The van der Waals surface area contributed by atoms with E-state index in [1.54, 1.807) is 11.9 Å². The largest absolute Gasteiger partial charge is 0.326 e. The van der Waals surface area contributed by atoms with E-state index < -0.39 is 0 Å². The topological polar surface area (TPSA) is 49.4 Å². The van der Waals surface area contributed by atoms with Crippen LogP contribution in [-0.4, -0.2) is 24.6 Å². The van der Waals surface area contributed by atoms with Gasteiger partial charge in [-0.05, 0) is 29.5 Å². The Morgan fingerprint density at radius 2 is 2.29 bits per heavy atom. The van der Waals surface area contributed by atoms with Gasteiger partial charge in [0.1, 0.15) is 0 Å². The standard InChI is InChI=1S/C12H14N2O2S/c1-14-10-3-2-9(13-11(15)4-5-17)6-8(10)7-12(14)16/h2-3,6,17H,4-5,7H2,1H3,(H,13,15). The molecule has 1 aliphatic rings. The third-order valence-electron chi connectivity index (χ3n) is 2.78. The van der Waals surface area contributed by atoms with Crippen molar-refractivity contribution in [1.29, 1.82) is 0 Å². The van der Waals surface area contributed by atoms with Crippen molar-refractivity contribution in [3.05, 3.63) is 23.8 Å². The van der Waals surface area contributed by atoms with E-state index in [0.717, 1.165) is 16.9 Å². The number of benzene rings is 1. The molecular formula is C12H14N2O2S. The van der Waals surface area contributed by atoms with E-state index in [4.69, 9.17) is 0 Å². The molecule has 0 spiro atoms. The van der Waals surface area contributed by atoms with Crippen LogP contribution in [0.4, 0.5) is 11.4 Å². The van der Waals surface area contributed by atoms with Gasteiger partial charge in [-0.25, -0.2) is 0 Å². The van der Waals surface area contributed by atoms with Crippen LogP contribution >= 0.6 is 12.6 Å². The zero-order valence-electron chi connectivity index (χ0n) is 9.56. The molecule has 1 aliphatic heterocycles. The number of hydrogen-bond acceptors (Lipinski definition) is 3. The molecule has 0 saturated carbocycles. The van der Waals surface area contributed by atoms with Crippen molar-refractivity contribution in [2.75, 3.05) is 23.0 Å². The summed E-state index contributed by atoms with van der Waals surface area (Å²) in [7, 11) is 1.76. The second kappa shape index (κ2) is 4.79. The van der Waals surface area contributed by atoms with E-state index in [2.05, 4.69) is 17.9 Å². The van der Waals surface area contributed by atoms with Crippen LogP contribution in [0.2, 0.25) is 0 Å². The van der Waals surface area contributed by atoms with Crippen LogP contribution in [0, 0.1) is 0 Å². The third kappa shape index (κ3) is 2.44. The fraction of sp³-hybridized carbons (Fsp3) is 0.333. The molecule has 5 heteroatoms. The molecule has 17 heavy (non-hydrogen) atoms. The summed E-state index contributed by atoms with van der Waals surface area (Å²) in [5.74, 6) is 0.550. The lowest BCUT2D eigenvalue weighted by Gasteiger charge is -2.11. The predicted octanol–water partition coefficient (Wildman–Crippen LogP) is 1.46. The second-order valence-corrected chi connectivity index (χ2v) is 4.44. The number of anilines is 2. The first-order chi connectivity index (χ1) is 8.11. The molecule has 2 amide bonds. The number of rotatable bonds is 3. The minimum absolute atomic E-state index is 0.0578. The summed E-state index contributed by atoms with van der Waals surface area (Å²) in [6, 6.07) is 5.52. The van der Waals surface area contributed by atoms with Gasteiger partial charge >= 0.3 is 0 Å². The van der Waals surface area contributed by atoms with E-state index in [0.29, 0.717) is 18.6 Å². The lowest BCUT2D eigenvalue weighted by Crippen LogP contribution is -2.20. The van der Waals surface area contributed by atoms with Gasteiger partial charge in [-0.1, -0.05) is 0 Å². The molecule has 0 atom stereocenters. The van der Waals surface area contributed by atoms with Crippen LogP contribution in [0.1, 0.15) is 12.0 Å². The summed E-state index contributed by atoms with van der Waals surface area (Å²) in [6.07, 6.45) is 0.793. The van der Waals surface area contributed by atoms with Crippen molar-refractivity contribution in [3.63, 3.8) is 0 Å². The summed E-state index contributed by atoms with van der Waals surface area (Å²) in [5.41, 5.74) is 2.61. The molecule has 0 radical (unpaired) electrons. The van der Waals surface area contributed by atoms with Crippen molar-refractivity contribution >= 4 is 35.8 Å². The summed E-state index contributed by atoms with van der Waals surface area (Å²) in [4.78, 5) is 24.5. The zero-order chi connectivity index (χ0) is 12.4. The van der Waals surface area contributed by atoms with Crippen molar-refractivity contribution in [2.45, 2.75) is 12.8 Å². The summed E-state index contributed by atoms with van der Waals surface area (Å²) < 4.78 is 0. The maximum atomic E-state index is 11.5. The van der Waals surface area contributed by atoms with E-state index in [9.17, 15) is 9.59 Å². The molecule has 4 nitrogen and oxygen atoms in total. The van der Waals surface area contributed by atoms with E-state index >= 15 is 0 Å². The molecule has 1 aromatic carbocycles. The SMILES string of the molecule is CN1C(=O)Cc2cc(NC(=O)CCS)ccc21. The molecule has 0 bridgehead atoms. The van der Waals surface area contributed by atoms with Crippen molar-refractivity contribution in [3.8, 4) is 0 Å². The predicted molar refractivity (Wildman–Crippen MR) is 70.7 cm³/mol. The first kappa shape index (κ1) is 12.0. The fourth-order valence-corrected chi connectivity index (χ4v) is 2.08. The first-order valence-electron chi connectivity index (χ1n) is 5.42. The van der Waals surface area contributed by atoms with Crippen LogP contribution in [0.15, 0.2) is 18.2 Å². The van der Waals surface area contributed by atoms with Crippen molar-refractivity contribution in [2.24, 2.45) is 0 Å². The quantitative estimate of drug-likeness (QED) is 0.798. The van der Waals surface area contributed by atoms with Crippen molar-refractivity contribution < 1.29 is 9.59 Å². The number of amides is 2. The van der Waals surface area contributed by atoms with Gasteiger partial charge in [0, 0.05) is 24.8 Å². The first-order valence-corrected chi connectivity index (χ1v) is 6.05. The van der Waals surface area contributed by atoms with Crippen LogP contribution in [-0.2, 0) is 16.0 Å². The van der Waals surface area contributed by atoms with E-state index in [1.165, 1.54) is 0 Å². The van der Waals surface area contributed by atoms with Crippen LogP contribution in [0.25, 0.3) is 0 Å². The van der Waals surface area contributed by atoms with Gasteiger partial charge in [-0.3, -0.25) is 9.59 Å².